The van der Waals surface area contributed by atoms with Crippen molar-refractivity contribution in [3.8, 4) is 0 Å². The highest BCUT2D eigenvalue weighted by Gasteiger charge is 2.34. The summed E-state index contributed by atoms with van der Waals surface area (Å²) in [4.78, 5) is 16.0. The number of carbonyl (C=O) groups is 1. The summed E-state index contributed by atoms with van der Waals surface area (Å²) in [5.41, 5.74) is 1.06. The molecule has 2 heterocycles. The van der Waals surface area contributed by atoms with Crippen LogP contribution in [0.1, 0.15) is 12.0 Å². The van der Waals surface area contributed by atoms with Crippen molar-refractivity contribution in [3.63, 3.8) is 0 Å². The summed E-state index contributed by atoms with van der Waals surface area (Å²) >= 11 is 0. The van der Waals surface area contributed by atoms with E-state index in [9.17, 15) is 4.79 Å². The first-order valence-electron chi connectivity index (χ1n) is 7.53. The molecule has 0 unspecified atom stereocenters. The summed E-state index contributed by atoms with van der Waals surface area (Å²) in [5.74, 6) is 0.129. The van der Waals surface area contributed by atoms with E-state index >= 15 is 0 Å². The highest BCUT2D eigenvalue weighted by atomic mass is 16.6. The summed E-state index contributed by atoms with van der Waals surface area (Å²) in [5, 5.41) is 2.96. The van der Waals surface area contributed by atoms with Gasteiger partial charge in [0.2, 0.25) is 5.91 Å². The molecule has 22 heavy (non-hydrogen) atoms. The first-order valence-corrected chi connectivity index (χ1v) is 7.53. The van der Waals surface area contributed by atoms with Crippen molar-refractivity contribution in [2.75, 3.05) is 34.0 Å². The number of amides is 1. The third kappa shape index (κ3) is 4.76. The summed E-state index contributed by atoms with van der Waals surface area (Å²) in [7, 11) is 3.31. The lowest BCUT2D eigenvalue weighted by Gasteiger charge is -2.36. The van der Waals surface area contributed by atoms with Crippen LogP contribution in [0.25, 0.3) is 0 Å². The van der Waals surface area contributed by atoms with Crippen molar-refractivity contribution in [3.05, 3.63) is 30.1 Å². The number of rotatable bonds is 7. The van der Waals surface area contributed by atoms with Gasteiger partial charge in [-0.25, -0.2) is 0 Å². The van der Waals surface area contributed by atoms with Gasteiger partial charge in [-0.2, -0.15) is 0 Å². The van der Waals surface area contributed by atoms with Gasteiger partial charge in [0, 0.05) is 45.5 Å². The van der Waals surface area contributed by atoms with Gasteiger partial charge in [0.25, 0.3) is 0 Å². The van der Waals surface area contributed by atoms with Crippen LogP contribution >= 0.6 is 0 Å². The predicted molar refractivity (Wildman–Crippen MR) is 81.5 cm³/mol. The molecule has 1 aliphatic heterocycles. The van der Waals surface area contributed by atoms with Gasteiger partial charge in [-0.05, 0) is 18.1 Å². The molecular weight excluding hydrogens is 284 g/mol. The van der Waals surface area contributed by atoms with Gasteiger partial charge < -0.3 is 19.5 Å². The van der Waals surface area contributed by atoms with E-state index in [1.807, 2.05) is 12.1 Å². The van der Waals surface area contributed by atoms with Crippen LogP contribution in [0.15, 0.2) is 24.5 Å². The lowest BCUT2D eigenvalue weighted by atomic mass is 9.96. The molecule has 0 bridgehead atoms. The Hall–Kier alpha value is -1.50. The first-order chi connectivity index (χ1) is 10.7. The minimum atomic E-state index is -0.0870. The average molecular weight is 308 g/mol. The number of aryl methyl sites for hydroxylation is 1. The number of hydrogen-bond acceptors (Lipinski definition) is 5. The molecule has 1 amide bonds. The smallest absolute Gasteiger partial charge is 0.220 e. The molecule has 122 valence electrons. The number of nitrogens with zero attached hydrogens (tertiary/aromatic N) is 1. The molecule has 0 spiro atoms. The van der Waals surface area contributed by atoms with Crippen LogP contribution < -0.4 is 5.32 Å². The molecule has 1 aromatic heterocycles. The molecule has 0 aromatic carbocycles. The Balaban J connectivity index is 1.75. The number of methoxy groups -OCH3 is 2. The zero-order valence-electron chi connectivity index (χ0n) is 13.2. The predicted octanol–water partition coefficient (Wildman–Crippen LogP) is 0.807. The molecule has 6 heteroatoms. The van der Waals surface area contributed by atoms with Crippen LogP contribution in [0, 0.1) is 5.92 Å². The SMILES string of the molecule is CO[C@H]1[C@H](CNC(=O)CCc2cccnc2)COC[C@H]1OC. The number of pyridine rings is 1. The van der Waals surface area contributed by atoms with Gasteiger partial charge in [-0.3, -0.25) is 9.78 Å². The van der Waals surface area contributed by atoms with Crippen LogP contribution in [0.4, 0.5) is 0 Å². The van der Waals surface area contributed by atoms with Crippen molar-refractivity contribution < 1.29 is 19.0 Å². The van der Waals surface area contributed by atoms with Gasteiger partial charge in [-0.15, -0.1) is 0 Å². The van der Waals surface area contributed by atoms with Crippen LogP contribution in [0.5, 0.6) is 0 Å². The topological polar surface area (TPSA) is 69.7 Å². The van der Waals surface area contributed by atoms with E-state index in [0.29, 0.717) is 32.6 Å². The van der Waals surface area contributed by atoms with Crippen LogP contribution in [-0.4, -0.2) is 57.1 Å². The molecule has 0 radical (unpaired) electrons. The van der Waals surface area contributed by atoms with E-state index in [-0.39, 0.29) is 24.0 Å². The molecule has 6 nitrogen and oxygen atoms in total. The second-order valence-electron chi connectivity index (χ2n) is 5.44. The van der Waals surface area contributed by atoms with Crippen molar-refractivity contribution in [2.45, 2.75) is 25.0 Å². The Kier molecular flexibility index (Phi) is 6.76. The van der Waals surface area contributed by atoms with E-state index in [0.717, 1.165) is 5.56 Å². The van der Waals surface area contributed by atoms with Crippen molar-refractivity contribution >= 4 is 5.91 Å². The average Bonchev–Trinajstić information content (AvgIpc) is 2.58. The fourth-order valence-corrected chi connectivity index (χ4v) is 2.69. The lowest BCUT2D eigenvalue weighted by molar-refractivity contribution is -0.147. The standard InChI is InChI=1S/C16H24N2O4/c1-20-14-11-22-10-13(16(14)21-2)9-18-15(19)6-5-12-4-3-7-17-8-12/h3-4,7-8,13-14,16H,5-6,9-11H2,1-2H3,(H,18,19)/t13-,14-,16+/m1/s1. The molecule has 1 aromatic rings. The minimum Gasteiger partial charge on any atom is -0.378 e. The van der Waals surface area contributed by atoms with Gasteiger partial charge in [0.05, 0.1) is 19.3 Å². The second-order valence-corrected chi connectivity index (χ2v) is 5.44. The Morgan fingerprint density at radius 1 is 1.41 bits per heavy atom. The largest absolute Gasteiger partial charge is 0.378 e. The number of hydrogen-bond donors (Lipinski definition) is 1. The summed E-state index contributed by atoms with van der Waals surface area (Å²) in [6.07, 6.45) is 4.50. The monoisotopic (exact) mass is 308 g/mol. The lowest BCUT2D eigenvalue weighted by Crippen LogP contribution is -2.50. The molecule has 1 saturated heterocycles. The number of nitrogens with one attached hydrogen (secondary N) is 1. The van der Waals surface area contributed by atoms with E-state index < -0.39 is 0 Å². The van der Waals surface area contributed by atoms with E-state index in [1.54, 1.807) is 26.6 Å². The molecule has 2 rings (SSSR count). The number of carbonyl (C=O) groups excluding carboxylic acids is 1. The van der Waals surface area contributed by atoms with Gasteiger partial charge in [-0.1, -0.05) is 6.07 Å². The third-order valence-corrected chi connectivity index (χ3v) is 3.94. The highest BCUT2D eigenvalue weighted by Crippen LogP contribution is 2.19. The Morgan fingerprint density at radius 2 is 2.27 bits per heavy atom. The van der Waals surface area contributed by atoms with Crippen LogP contribution in [-0.2, 0) is 25.4 Å². The Labute approximate surface area is 131 Å². The van der Waals surface area contributed by atoms with Crippen molar-refractivity contribution in [2.24, 2.45) is 5.92 Å². The fourth-order valence-electron chi connectivity index (χ4n) is 2.69. The zero-order chi connectivity index (χ0) is 15.8. The first kappa shape index (κ1) is 16.9. The van der Waals surface area contributed by atoms with Crippen LogP contribution in [0.3, 0.4) is 0 Å². The van der Waals surface area contributed by atoms with Gasteiger partial charge >= 0.3 is 0 Å². The highest BCUT2D eigenvalue weighted by molar-refractivity contribution is 5.76. The zero-order valence-corrected chi connectivity index (χ0v) is 13.2. The molecule has 0 aliphatic carbocycles. The Morgan fingerprint density at radius 3 is 2.95 bits per heavy atom. The number of aromatic nitrogens is 1. The second kappa shape index (κ2) is 8.82. The minimum absolute atomic E-state index is 0.0262. The molecule has 0 saturated carbocycles. The van der Waals surface area contributed by atoms with Crippen molar-refractivity contribution in [1.82, 2.24) is 10.3 Å². The van der Waals surface area contributed by atoms with E-state index in [1.165, 1.54) is 0 Å². The third-order valence-electron chi connectivity index (χ3n) is 3.94. The van der Waals surface area contributed by atoms with E-state index in [2.05, 4.69) is 10.3 Å². The van der Waals surface area contributed by atoms with Crippen molar-refractivity contribution in [1.29, 1.82) is 0 Å². The number of ether oxygens (including phenoxy) is 3. The fraction of sp³-hybridized carbons (Fsp3) is 0.625. The molecular formula is C16H24N2O4. The van der Waals surface area contributed by atoms with Gasteiger partial charge in [0.1, 0.15) is 6.10 Å². The summed E-state index contributed by atoms with van der Waals surface area (Å²) < 4.78 is 16.4. The molecule has 3 atom stereocenters. The molecule has 1 aliphatic rings. The molecule has 1 N–H and O–H groups in total. The normalized spacial score (nSPS) is 24.9. The summed E-state index contributed by atoms with van der Waals surface area (Å²) in [6.45, 7) is 1.63. The summed E-state index contributed by atoms with van der Waals surface area (Å²) in [6, 6.07) is 3.85. The maximum atomic E-state index is 12.0. The quantitative estimate of drug-likeness (QED) is 0.807. The Bertz CT molecular complexity index is 455. The van der Waals surface area contributed by atoms with Crippen LogP contribution in [0.2, 0.25) is 0 Å². The van der Waals surface area contributed by atoms with Gasteiger partial charge in [0.15, 0.2) is 0 Å². The maximum absolute atomic E-state index is 12.0. The molecule has 1 fully saturated rings. The van der Waals surface area contributed by atoms with E-state index in [4.69, 9.17) is 14.2 Å². The maximum Gasteiger partial charge on any atom is 0.220 e.